The summed E-state index contributed by atoms with van der Waals surface area (Å²) in [7, 11) is 1.84. The zero-order valence-corrected chi connectivity index (χ0v) is 10.0. The fraction of sp³-hybridized carbons (Fsp3) is 0.455. The van der Waals surface area contributed by atoms with Crippen LogP contribution in [0.1, 0.15) is 19.7 Å². The maximum atomic E-state index is 11.5. The van der Waals surface area contributed by atoms with Crippen LogP contribution in [0.25, 0.3) is 11.6 Å². The predicted molar refractivity (Wildman–Crippen MR) is 60.0 cm³/mol. The number of rotatable bonds is 4. The van der Waals surface area contributed by atoms with Gasteiger partial charge in [0.05, 0.1) is 6.42 Å². The maximum absolute atomic E-state index is 11.5. The minimum absolute atomic E-state index is 0.0292. The van der Waals surface area contributed by atoms with Crippen molar-refractivity contribution in [2.45, 2.75) is 20.3 Å². The van der Waals surface area contributed by atoms with Gasteiger partial charge in [-0.2, -0.15) is 4.98 Å². The minimum Gasteiger partial charge on any atom is -0.338 e. The van der Waals surface area contributed by atoms with Crippen LogP contribution in [0.3, 0.4) is 0 Å². The highest BCUT2D eigenvalue weighted by Gasteiger charge is 2.16. The molecule has 2 rings (SSSR count). The molecule has 6 nitrogen and oxygen atoms in total. The lowest BCUT2D eigenvalue weighted by Crippen LogP contribution is -2.10. The Morgan fingerprint density at radius 2 is 2.29 bits per heavy atom. The van der Waals surface area contributed by atoms with Crippen molar-refractivity contribution in [3.05, 3.63) is 18.3 Å². The third kappa shape index (κ3) is 2.41. The first-order valence-corrected chi connectivity index (χ1v) is 5.41. The van der Waals surface area contributed by atoms with E-state index >= 15 is 0 Å². The SMILES string of the molecule is CC(C)C(=O)Cc1nc(-c2nccn2C)no1. The summed E-state index contributed by atoms with van der Waals surface area (Å²) in [4.78, 5) is 19.8. The van der Waals surface area contributed by atoms with Gasteiger partial charge in [0, 0.05) is 25.4 Å². The highest BCUT2D eigenvalue weighted by molar-refractivity contribution is 5.81. The summed E-state index contributed by atoms with van der Waals surface area (Å²) < 4.78 is 6.82. The van der Waals surface area contributed by atoms with Gasteiger partial charge < -0.3 is 9.09 Å². The summed E-state index contributed by atoms with van der Waals surface area (Å²) in [5, 5.41) is 3.81. The molecule has 2 aromatic heterocycles. The summed E-state index contributed by atoms with van der Waals surface area (Å²) >= 11 is 0. The van der Waals surface area contributed by atoms with E-state index in [4.69, 9.17) is 4.52 Å². The van der Waals surface area contributed by atoms with Crippen molar-refractivity contribution in [2.75, 3.05) is 0 Å². The van der Waals surface area contributed by atoms with Gasteiger partial charge in [-0.25, -0.2) is 4.98 Å². The number of ketones is 1. The van der Waals surface area contributed by atoms with Crippen molar-refractivity contribution in [2.24, 2.45) is 13.0 Å². The third-order valence-corrected chi connectivity index (χ3v) is 2.46. The Hall–Kier alpha value is -1.98. The number of carbonyl (C=O) groups is 1. The lowest BCUT2D eigenvalue weighted by molar-refractivity contribution is -0.121. The van der Waals surface area contributed by atoms with Gasteiger partial charge in [0.2, 0.25) is 11.7 Å². The Morgan fingerprint density at radius 3 is 2.88 bits per heavy atom. The van der Waals surface area contributed by atoms with Crippen LogP contribution in [0.4, 0.5) is 0 Å². The maximum Gasteiger partial charge on any atom is 0.238 e. The molecule has 0 amide bonds. The van der Waals surface area contributed by atoms with Crippen molar-refractivity contribution in [3.63, 3.8) is 0 Å². The summed E-state index contributed by atoms with van der Waals surface area (Å²) in [6.45, 7) is 3.69. The van der Waals surface area contributed by atoms with Crippen LogP contribution >= 0.6 is 0 Å². The first-order valence-electron chi connectivity index (χ1n) is 5.41. The van der Waals surface area contributed by atoms with Gasteiger partial charge in [-0.3, -0.25) is 4.79 Å². The standard InChI is InChI=1S/C11H14N4O2/c1-7(2)8(16)6-9-13-10(14-17-9)11-12-4-5-15(11)3/h4-5,7H,6H2,1-3H3. The fourth-order valence-electron chi connectivity index (χ4n) is 1.35. The van der Waals surface area contributed by atoms with Gasteiger partial charge in [0.15, 0.2) is 5.82 Å². The molecule has 0 radical (unpaired) electrons. The van der Waals surface area contributed by atoms with Crippen LogP contribution in [0.5, 0.6) is 0 Å². The van der Waals surface area contributed by atoms with Gasteiger partial charge >= 0.3 is 0 Å². The molecule has 0 atom stereocenters. The topological polar surface area (TPSA) is 73.8 Å². The Balaban J connectivity index is 2.17. The van der Waals surface area contributed by atoms with E-state index in [1.54, 1.807) is 17.0 Å². The molecular formula is C11H14N4O2. The third-order valence-electron chi connectivity index (χ3n) is 2.46. The second-order valence-electron chi connectivity index (χ2n) is 4.17. The quantitative estimate of drug-likeness (QED) is 0.795. The number of carbonyl (C=O) groups excluding carboxylic acids is 1. The van der Waals surface area contributed by atoms with E-state index in [2.05, 4.69) is 15.1 Å². The average molecular weight is 234 g/mol. The van der Waals surface area contributed by atoms with E-state index in [0.29, 0.717) is 17.5 Å². The van der Waals surface area contributed by atoms with E-state index in [0.717, 1.165) is 0 Å². The van der Waals surface area contributed by atoms with Gasteiger partial charge in [-0.05, 0) is 0 Å². The Kier molecular flexibility index (Phi) is 3.03. The molecule has 0 aliphatic carbocycles. The van der Waals surface area contributed by atoms with Crippen LogP contribution in [0.15, 0.2) is 16.9 Å². The minimum atomic E-state index is -0.0292. The molecule has 0 aromatic carbocycles. The lowest BCUT2D eigenvalue weighted by Gasteiger charge is -1.98. The first-order chi connectivity index (χ1) is 8.08. The fourth-order valence-corrected chi connectivity index (χ4v) is 1.35. The van der Waals surface area contributed by atoms with E-state index < -0.39 is 0 Å². The molecule has 17 heavy (non-hydrogen) atoms. The molecule has 90 valence electrons. The van der Waals surface area contributed by atoms with Crippen LogP contribution < -0.4 is 0 Å². The first kappa shape index (κ1) is 11.5. The van der Waals surface area contributed by atoms with Crippen LogP contribution in [0, 0.1) is 5.92 Å². The second kappa shape index (κ2) is 4.48. The monoisotopic (exact) mass is 234 g/mol. The Bertz CT molecular complexity index is 527. The number of hydrogen-bond donors (Lipinski definition) is 0. The highest BCUT2D eigenvalue weighted by Crippen LogP contribution is 2.13. The number of aromatic nitrogens is 4. The van der Waals surface area contributed by atoms with E-state index in [9.17, 15) is 4.79 Å². The molecule has 0 saturated carbocycles. The van der Waals surface area contributed by atoms with Crippen LogP contribution in [0.2, 0.25) is 0 Å². The van der Waals surface area contributed by atoms with Crippen LogP contribution in [-0.4, -0.2) is 25.5 Å². The largest absolute Gasteiger partial charge is 0.338 e. The summed E-state index contributed by atoms with van der Waals surface area (Å²) in [6.07, 6.45) is 3.63. The molecule has 0 spiro atoms. The molecule has 0 unspecified atom stereocenters. The zero-order chi connectivity index (χ0) is 12.4. The molecule has 2 heterocycles. The molecule has 0 fully saturated rings. The average Bonchev–Trinajstić information content (AvgIpc) is 2.86. The Morgan fingerprint density at radius 1 is 1.53 bits per heavy atom. The molecule has 6 heteroatoms. The second-order valence-corrected chi connectivity index (χ2v) is 4.17. The summed E-state index contributed by atoms with van der Waals surface area (Å²) in [6, 6.07) is 0. The van der Waals surface area contributed by atoms with Gasteiger partial charge in [-0.15, -0.1) is 0 Å². The molecular weight excluding hydrogens is 220 g/mol. The number of aryl methyl sites for hydroxylation is 1. The molecule has 0 N–H and O–H groups in total. The number of Topliss-reactive ketones (excluding diaryl/α,β-unsaturated/α-hetero) is 1. The molecule has 0 saturated heterocycles. The number of imidazole rings is 1. The molecule has 2 aromatic rings. The van der Waals surface area contributed by atoms with Gasteiger partial charge in [0.1, 0.15) is 5.78 Å². The lowest BCUT2D eigenvalue weighted by atomic mass is 10.1. The smallest absolute Gasteiger partial charge is 0.238 e. The predicted octanol–water partition coefficient (Wildman–Crippen LogP) is 1.24. The molecule has 0 aliphatic rings. The van der Waals surface area contributed by atoms with Crippen molar-refractivity contribution < 1.29 is 9.32 Å². The van der Waals surface area contributed by atoms with E-state index in [1.165, 1.54) is 0 Å². The van der Waals surface area contributed by atoms with Crippen molar-refractivity contribution in [1.82, 2.24) is 19.7 Å². The summed E-state index contributed by atoms with van der Waals surface area (Å²) in [5.41, 5.74) is 0. The normalized spacial score (nSPS) is 11.1. The number of hydrogen-bond acceptors (Lipinski definition) is 5. The van der Waals surface area contributed by atoms with Crippen molar-refractivity contribution >= 4 is 5.78 Å². The number of nitrogens with zero attached hydrogens (tertiary/aromatic N) is 4. The van der Waals surface area contributed by atoms with Crippen LogP contribution in [-0.2, 0) is 18.3 Å². The molecule has 0 aliphatic heterocycles. The van der Waals surface area contributed by atoms with Crippen molar-refractivity contribution in [1.29, 1.82) is 0 Å². The highest BCUT2D eigenvalue weighted by atomic mass is 16.5. The molecule has 0 bridgehead atoms. The zero-order valence-electron chi connectivity index (χ0n) is 10.0. The van der Waals surface area contributed by atoms with E-state index in [1.807, 2.05) is 20.9 Å². The van der Waals surface area contributed by atoms with Crippen molar-refractivity contribution in [3.8, 4) is 11.6 Å². The Labute approximate surface area is 98.7 Å². The van der Waals surface area contributed by atoms with Gasteiger partial charge in [-0.1, -0.05) is 19.0 Å². The van der Waals surface area contributed by atoms with E-state index in [-0.39, 0.29) is 18.1 Å². The summed E-state index contributed by atoms with van der Waals surface area (Å²) in [5.74, 6) is 1.42. The van der Waals surface area contributed by atoms with Gasteiger partial charge in [0.25, 0.3) is 0 Å².